The van der Waals surface area contributed by atoms with Gasteiger partial charge in [0.2, 0.25) is 15.9 Å². The van der Waals surface area contributed by atoms with Crippen molar-refractivity contribution in [3.05, 3.63) is 48.0 Å². The van der Waals surface area contributed by atoms with Gasteiger partial charge in [-0.3, -0.25) is 4.79 Å². The Balaban J connectivity index is 1.28. The highest BCUT2D eigenvalue weighted by molar-refractivity contribution is 7.89. The molecule has 0 saturated carbocycles. The van der Waals surface area contributed by atoms with Gasteiger partial charge in [0.15, 0.2) is 11.5 Å². The first-order valence-electron chi connectivity index (χ1n) is 11.9. The number of anilines is 1. The van der Waals surface area contributed by atoms with Crippen molar-refractivity contribution >= 4 is 21.6 Å². The monoisotopic (exact) mass is 487 g/mol. The average molecular weight is 488 g/mol. The molecule has 34 heavy (non-hydrogen) atoms. The van der Waals surface area contributed by atoms with E-state index >= 15 is 0 Å². The first kappa shape index (κ1) is 24.3. The van der Waals surface area contributed by atoms with E-state index in [1.54, 1.807) is 12.1 Å². The number of likely N-dealkylation sites (N-methyl/N-ethyl adjacent to an activating group) is 1. The van der Waals surface area contributed by atoms with Gasteiger partial charge in [-0.05, 0) is 50.5 Å². The minimum absolute atomic E-state index is 0.00258. The van der Waals surface area contributed by atoms with Crippen molar-refractivity contribution in [3.63, 3.8) is 0 Å². The van der Waals surface area contributed by atoms with E-state index in [9.17, 15) is 13.2 Å². The molecule has 9 heteroatoms. The second-order valence-electron chi connectivity index (χ2n) is 8.64. The maximum atomic E-state index is 13.1. The molecule has 1 amide bonds. The number of aryl methyl sites for hydroxylation is 1. The van der Waals surface area contributed by atoms with E-state index in [0.29, 0.717) is 57.2 Å². The Labute approximate surface area is 201 Å². The maximum absolute atomic E-state index is 13.1. The molecule has 0 radical (unpaired) electrons. The number of ether oxygens (including phenoxy) is 2. The molecule has 1 saturated heterocycles. The third-order valence-electron chi connectivity index (χ3n) is 6.49. The molecule has 8 nitrogen and oxygen atoms in total. The molecule has 1 fully saturated rings. The SMILES string of the molecule is CCN(CCNC(=O)C1CCN(S(=O)(=O)c2ccc3c(c2)OCCO3)CC1)c1ccccc1C. The maximum Gasteiger partial charge on any atom is 0.243 e. The Kier molecular flexibility index (Phi) is 7.63. The number of sulfonamides is 1. The van der Waals surface area contributed by atoms with Gasteiger partial charge in [0.1, 0.15) is 13.2 Å². The molecule has 2 heterocycles. The van der Waals surface area contributed by atoms with Crippen LogP contribution in [0.5, 0.6) is 11.5 Å². The number of carbonyl (C=O) groups is 1. The predicted octanol–water partition coefficient (Wildman–Crippen LogP) is 2.81. The second-order valence-corrected chi connectivity index (χ2v) is 10.6. The molecular formula is C25H33N3O5S. The van der Waals surface area contributed by atoms with Crippen LogP contribution in [0.3, 0.4) is 0 Å². The minimum atomic E-state index is -3.65. The lowest BCUT2D eigenvalue weighted by molar-refractivity contribution is -0.126. The molecule has 0 spiro atoms. The topological polar surface area (TPSA) is 88.2 Å². The van der Waals surface area contributed by atoms with Crippen LogP contribution in [0.25, 0.3) is 0 Å². The zero-order chi connectivity index (χ0) is 24.1. The minimum Gasteiger partial charge on any atom is -0.486 e. The van der Waals surface area contributed by atoms with Gasteiger partial charge < -0.3 is 19.7 Å². The largest absolute Gasteiger partial charge is 0.486 e. The molecule has 4 rings (SSSR count). The Morgan fingerprint density at radius 3 is 2.50 bits per heavy atom. The van der Waals surface area contributed by atoms with Crippen LogP contribution in [0, 0.1) is 12.8 Å². The highest BCUT2D eigenvalue weighted by Gasteiger charge is 2.32. The first-order chi connectivity index (χ1) is 16.4. The molecular weight excluding hydrogens is 454 g/mol. The van der Waals surface area contributed by atoms with Crippen molar-refractivity contribution in [1.82, 2.24) is 9.62 Å². The van der Waals surface area contributed by atoms with Gasteiger partial charge >= 0.3 is 0 Å². The summed E-state index contributed by atoms with van der Waals surface area (Å²) in [6, 6.07) is 12.9. The lowest BCUT2D eigenvalue weighted by Gasteiger charge is -2.31. The molecule has 0 aromatic heterocycles. The van der Waals surface area contributed by atoms with Crippen LogP contribution in [0.2, 0.25) is 0 Å². The van der Waals surface area contributed by atoms with E-state index in [0.717, 1.165) is 13.1 Å². The van der Waals surface area contributed by atoms with E-state index in [2.05, 4.69) is 36.2 Å². The van der Waals surface area contributed by atoms with E-state index in [-0.39, 0.29) is 16.7 Å². The molecule has 0 bridgehead atoms. The van der Waals surface area contributed by atoms with Crippen LogP contribution in [0.1, 0.15) is 25.3 Å². The molecule has 0 atom stereocenters. The Morgan fingerprint density at radius 1 is 1.09 bits per heavy atom. The van der Waals surface area contributed by atoms with E-state index in [1.165, 1.54) is 21.6 Å². The Morgan fingerprint density at radius 2 is 1.79 bits per heavy atom. The van der Waals surface area contributed by atoms with Gasteiger partial charge in [-0.2, -0.15) is 4.31 Å². The number of nitrogens with zero attached hydrogens (tertiary/aromatic N) is 2. The lowest BCUT2D eigenvalue weighted by Crippen LogP contribution is -2.44. The number of nitrogens with one attached hydrogen (secondary N) is 1. The number of hydrogen-bond donors (Lipinski definition) is 1. The van der Waals surface area contributed by atoms with Crippen LogP contribution in [-0.4, -0.2) is 64.6 Å². The molecule has 2 aromatic carbocycles. The van der Waals surface area contributed by atoms with Crippen molar-refractivity contribution in [3.8, 4) is 11.5 Å². The standard InChI is InChI=1S/C25H33N3O5S/c1-3-27(22-7-5-4-6-19(22)2)15-12-26-25(29)20-10-13-28(14-11-20)34(30,31)21-8-9-23-24(18-21)33-17-16-32-23/h4-9,18,20H,3,10-17H2,1-2H3,(H,26,29). The molecule has 2 aliphatic heterocycles. The third kappa shape index (κ3) is 5.31. The summed E-state index contributed by atoms with van der Waals surface area (Å²) in [4.78, 5) is 15.2. The van der Waals surface area contributed by atoms with Crippen LogP contribution in [0.4, 0.5) is 5.69 Å². The zero-order valence-corrected chi connectivity index (χ0v) is 20.6. The van der Waals surface area contributed by atoms with Gasteiger partial charge in [0.05, 0.1) is 4.90 Å². The third-order valence-corrected chi connectivity index (χ3v) is 8.39. The summed E-state index contributed by atoms with van der Waals surface area (Å²) in [5, 5.41) is 3.05. The quantitative estimate of drug-likeness (QED) is 0.616. The first-order valence-corrected chi connectivity index (χ1v) is 13.3. The predicted molar refractivity (Wildman–Crippen MR) is 131 cm³/mol. The Bertz CT molecular complexity index is 1110. The number of fused-ring (bicyclic) bond motifs is 1. The number of para-hydroxylation sites is 1. The number of benzene rings is 2. The number of carbonyl (C=O) groups excluding carboxylic acids is 1. The molecule has 0 unspecified atom stereocenters. The molecule has 184 valence electrons. The highest BCUT2D eigenvalue weighted by atomic mass is 32.2. The van der Waals surface area contributed by atoms with Crippen molar-refractivity contribution < 1.29 is 22.7 Å². The van der Waals surface area contributed by atoms with Crippen LogP contribution >= 0.6 is 0 Å². The number of amides is 1. The number of piperidine rings is 1. The van der Waals surface area contributed by atoms with Crippen LogP contribution in [0.15, 0.2) is 47.4 Å². The fourth-order valence-corrected chi connectivity index (χ4v) is 6.00. The lowest BCUT2D eigenvalue weighted by atomic mass is 9.97. The van der Waals surface area contributed by atoms with Gasteiger partial charge in [-0.15, -0.1) is 0 Å². The molecule has 0 aliphatic carbocycles. The number of hydrogen-bond acceptors (Lipinski definition) is 6. The summed E-state index contributed by atoms with van der Waals surface area (Å²) in [6.45, 7) is 7.82. The summed E-state index contributed by atoms with van der Waals surface area (Å²) in [6.07, 6.45) is 1.01. The van der Waals surface area contributed by atoms with Crippen molar-refractivity contribution in [2.45, 2.75) is 31.6 Å². The zero-order valence-electron chi connectivity index (χ0n) is 19.8. The summed E-state index contributed by atoms with van der Waals surface area (Å²) >= 11 is 0. The van der Waals surface area contributed by atoms with Gasteiger partial charge in [0.25, 0.3) is 0 Å². The second kappa shape index (κ2) is 10.7. The Hall–Kier alpha value is -2.78. The normalized spacial score (nSPS) is 16.8. The fraction of sp³-hybridized carbons (Fsp3) is 0.480. The number of rotatable bonds is 8. The van der Waals surface area contributed by atoms with E-state index in [4.69, 9.17) is 9.47 Å². The van der Waals surface area contributed by atoms with Crippen molar-refractivity contribution in [1.29, 1.82) is 0 Å². The van der Waals surface area contributed by atoms with Crippen molar-refractivity contribution in [2.24, 2.45) is 5.92 Å². The summed E-state index contributed by atoms with van der Waals surface area (Å²) in [5.74, 6) is 0.829. The fourth-order valence-electron chi connectivity index (χ4n) is 4.52. The van der Waals surface area contributed by atoms with Gasteiger partial charge in [-0.25, -0.2) is 8.42 Å². The van der Waals surface area contributed by atoms with Crippen LogP contribution < -0.4 is 19.7 Å². The average Bonchev–Trinajstić information content (AvgIpc) is 2.87. The molecule has 1 N–H and O–H groups in total. The van der Waals surface area contributed by atoms with E-state index in [1.807, 2.05) is 12.1 Å². The summed E-state index contributed by atoms with van der Waals surface area (Å²) in [5.41, 5.74) is 2.39. The van der Waals surface area contributed by atoms with Crippen LogP contribution in [-0.2, 0) is 14.8 Å². The summed E-state index contributed by atoms with van der Waals surface area (Å²) in [7, 11) is -3.65. The molecule has 2 aromatic rings. The van der Waals surface area contributed by atoms with Gasteiger partial charge in [0, 0.05) is 50.4 Å². The molecule has 2 aliphatic rings. The van der Waals surface area contributed by atoms with Gasteiger partial charge in [-0.1, -0.05) is 18.2 Å². The van der Waals surface area contributed by atoms with E-state index < -0.39 is 10.0 Å². The smallest absolute Gasteiger partial charge is 0.243 e. The summed E-state index contributed by atoms with van der Waals surface area (Å²) < 4.78 is 38.7. The highest BCUT2D eigenvalue weighted by Crippen LogP contribution is 2.34. The van der Waals surface area contributed by atoms with Crippen molar-refractivity contribution in [2.75, 3.05) is 50.8 Å².